The minimum atomic E-state index is -0.940. The Labute approximate surface area is 195 Å². The Morgan fingerprint density at radius 3 is 2.24 bits per heavy atom. The molecule has 1 N–H and O–H groups in total. The van der Waals surface area contributed by atoms with Crippen LogP contribution in [0.15, 0.2) is 48.5 Å². The van der Waals surface area contributed by atoms with E-state index in [1.54, 1.807) is 36.4 Å². The Balaban J connectivity index is 1.19. The van der Waals surface area contributed by atoms with Crippen molar-refractivity contribution in [1.82, 2.24) is 14.7 Å². The summed E-state index contributed by atoms with van der Waals surface area (Å²) in [6, 6.07) is 13.4. The first-order valence-corrected chi connectivity index (χ1v) is 11.1. The van der Waals surface area contributed by atoms with E-state index >= 15 is 0 Å². The molecule has 3 aromatic rings. The van der Waals surface area contributed by atoms with E-state index in [1.807, 2.05) is 12.1 Å². The number of carboxylic acids is 1. The summed E-state index contributed by atoms with van der Waals surface area (Å²) in [6.45, 7) is 4.27. The molecule has 1 aromatic heterocycles. The van der Waals surface area contributed by atoms with Gasteiger partial charge in [0.25, 0.3) is 0 Å². The molecule has 0 bridgehead atoms. The molecule has 2 aliphatic rings. The molecule has 34 heavy (non-hydrogen) atoms. The largest absolute Gasteiger partial charge is 0.571 e. The van der Waals surface area contributed by atoms with Gasteiger partial charge < -0.3 is 15.2 Å². The highest BCUT2D eigenvalue weighted by Gasteiger charge is 2.39. The van der Waals surface area contributed by atoms with Crippen LogP contribution >= 0.6 is 0 Å². The minimum absolute atomic E-state index is 0.0633. The van der Waals surface area contributed by atoms with E-state index in [0.717, 1.165) is 38.4 Å². The summed E-state index contributed by atoms with van der Waals surface area (Å²) in [5, 5.41) is 25.3. The van der Waals surface area contributed by atoms with Gasteiger partial charge in [0.2, 0.25) is 17.3 Å². The number of carboxylic acid groups (broad SMARTS) is 1. The minimum Gasteiger partial charge on any atom is -0.571 e. The van der Waals surface area contributed by atoms with Crippen molar-refractivity contribution < 1.29 is 24.4 Å². The fourth-order valence-corrected chi connectivity index (χ4v) is 4.59. The van der Waals surface area contributed by atoms with Gasteiger partial charge in [-0.15, -0.1) is 4.68 Å². The van der Waals surface area contributed by atoms with Crippen LogP contribution in [0.3, 0.4) is 0 Å². The first-order valence-electron chi connectivity index (χ1n) is 11.1. The fourth-order valence-electron chi connectivity index (χ4n) is 4.59. The van der Waals surface area contributed by atoms with Crippen LogP contribution in [-0.4, -0.2) is 70.0 Å². The molecule has 2 heterocycles. The number of carbonyl (C=O) groups is 3. The lowest BCUT2D eigenvalue weighted by atomic mass is 9.90. The van der Waals surface area contributed by atoms with Crippen molar-refractivity contribution in [2.45, 2.75) is 13.0 Å². The van der Waals surface area contributed by atoms with Crippen molar-refractivity contribution in [1.29, 1.82) is 0 Å². The zero-order chi connectivity index (χ0) is 23.8. The third-order valence-corrected chi connectivity index (χ3v) is 6.42. The topological polar surface area (TPSA) is 123 Å². The predicted octanol–water partition coefficient (Wildman–Crippen LogP) is 1.20. The van der Waals surface area contributed by atoms with Crippen molar-refractivity contribution in [3.63, 3.8) is 0 Å². The van der Waals surface area contributed by atoms with E-state index in [1.165, 1.54) is 4.68 Å². The summed E-state index contributed by atoms with van der Waals surface area (Å²) in [5.74, 6) is -1.69. The van der Waals surface area contributed by atoms with Crippen LogP contribution in [0.4, 0.5) is 5.69 Å². The van der Waals surface area contributed by atoms with Crippen molar-refractivity contribution in [3.8, 4) is 0 Å². The number of anilines is 1. The molecule has 2 aromatic carbocycles. The molecule has 10 heteroatoms. The molecule has 10 nitrogen and oxygen atoms in total. The Morgan fingerprint density at radius 1 is 0.941 bits per heavy atom. The van der Waals surface area contributed by atoms with Crippen LogP contribution in [0, 0.1) is 5.21 Å². The first-order chi connectivity index (χ1) is 16.4. The van der Waals surface area contributed by atoms with Crippen LogP contribution in [-0.2, 0) is 6.54 Å². The standard InChI is InChI=1S/C24H23N5O5/c30-22-18-4-1-2-5-19(18)23(31)21-20(22)25-29(34)28(21)11-3-10-26-12-14-27(15-13-26)17-8-6-16(7-9-17)24(32)33/h1-2,4-9H,3,10-15H2,(H,32,33). The van der Waals surface area contributed by atoms with E-state index in [-0.39, 0.29) is 34.8 Å². The number of hydrogen-bond donors (Lipinski definition) is 1. The van der Waals surface area contributed by atoms with Gasteiger partial charge in [-0.25, -0.2) is 4.79 Å². The Kier molecular flexibility index (Phi) is 5.58. The zero-order valence-electron chi connectivity index (χ0n) is 18.4. The van der Waals surface area contributed by atoms with E-state index in [9.17, 15) is 19.6 Å². The molecule has 0 radical (unpaired) electrons. The molecule has 0 amide bonds. The molecule has 5 rings (SSSR count). The summed E-state index contributed by atoms with van der Waals surface area (Å²) >= 11 is 0. The second kappa shape index (κ2) is 8.71. The van der Waals surface area contributed by atoms with E-state index < -0.39 is 11.8 Å². The van der Waals surface area contributed by atoms with Gasteiger partial charge in [-0.1, -0.05) is 24.3 Å². The number of hydrogen-bond acceptors (Lipinski definition) is 7. The summed E-state index contributed by atoms with van der Waals surface area (Å²) < 4.78 is 1.26. The molecular weight excluding hydrogens is 438 g/mol. The number of fused-ring (bicyclic) bond motifs is 2. The van der Waals surface area contributed by atoms with Gasteiger partial charge >= 0.3 is 5.97 Å². The van der Waals surface area contributed by atoms with E-state index in [4.69, 9.17) is 5.11 Å². The summed E-state index contributed by atoms with van der Waals surface area (Å²) in [5.41, 5.74) is 1.82. The Morgan fingerprint density at radius 2 is 1.59 bits per heavy atom. The van der Waals surface area contributed by atoms with Crippen LogP contribution in [0.5, 0.6) is 0 Å². The van der Waals surface area contributed by atoms with Crippen molar-refractivity contribution in [2.75, 3.05) is 37.6 Å². The average molecular weight is 461 g/mol. The quantitative estimate of drug-likeness (QED) is 0.336. The molecular formula is C24H23N5O5. The van der Waals surface area contributed by atoms with Gasteiger partial charge in [-0.2, -0.15) is 0 Å². The van der Waals surface area contributed by atoms with Gasteiger partial charge in [0, 0.05) is 59.6 Å². The molecule has 0 atom stereocenters. The highest BCUT2D eigenvalue weighted by molar-refractivity contribution is 6.26. The number of carbonyl (C=O) groups excluding carboxylic acids is 2. The molecule has 1 aliphatic heterocycles. The Hall–Kier alpha value is -4.05. The third-order valence-electron chi connectivity index (χ3n) is 6.42. The number of ketones is 2. The number of aromatic nitrogens is 3. The van der Waals surface area contributed by atoms with Gasteiger partial charge in [0.05, 0.1) is 12.1 Å². The van der Waals surface area contributed by atoms with Crippen molar-refractivity contribution in [2.24, 2.45) is 0 Å². The van der Waals surface area contributed by atoms with Crippen LogP contribution in [0.1, 0.15) is 48.9 Å². The lowest BCUT2D eigenvalue weighted by molar-refractivity contribution is -0.749. The maximum Gasteiger partial charge on any atom is 0.335 e. The monoisotopic (exact) mass is 461 g/mol. The van der Waals surface area contributed by atoms with E-state index in [2.05, 4.69) is 14.9 Å². The number of aromatic carboxylic acids is 1. The van der Waals surface area contributed by atoms with Crippen LogP contribution < -0.4 is 9.86 Å². The van der Waals surface area contributed by atoms with Crippen molar-refractivity contribution in [3.05, 3.63) is 81.8 Å². The number of piperazine rings is 1. The number of benzene rings is 2. The highest BCUT2D eigenvalue weighted by Crippen LogP contribution is 2.25. The number of rotatable bonds is 6. The van der Waals surface area contributed by atoms with E-state index in [0.29, 0.717) is 16.9 Å². The molecule has 0 saturated carbocycles. The molecule has 174 valence electrons. The lowest BCUT2D eigenvalue weighted by Gasteiger charge is -2.36. The van der Waals surface area contributed by atoms with Crippen LogP contribution in [0.25, 0.3) is 0 Å². The lowest BCUT2D eigenvalue weighted by Crippen LogP contribution is -2.47. The van der Waals surface area contributed by atoms with Gasteiger partial charge in [0.1, 0.15) is 0 Å². The molecule has 0 unspecified atom stereocenters. The maximum absolute atomic E-state index is 13.0. The SMILES string of the molecule is O=C(O)c1ccc(N2CCN(CCCn3c4c(n[n+]3[O-])C(=O)c3ccccc3C4=O)CC2)cc1. The third kappa shape index (κ3) is 3.81. The van der Waals surface area contributed by atoms with Gasteiger partial charge in [0.15, 0.2) is 5.69 Å². The second-order valence-electron chi connectivity index (χ2n) is 8.41. The molecule has 1 saturated heterocycles. The highest BCUT2D eigenvalue weighted by atomic mass is 16.5. The summed E-state index contributed by atoms with van der Waals surface area (Å²) in [6.07, 6.45) is 0.626. The average Bonchev–Trinajstić information content (AvgIpc) is 3.19. The fraction of sp³-hybridized carbons (Fsp3) is 0.292. The maximum atomic E-state index is 13.0. The molecule has 0 spiro atoms. The zero-order valence-corrected chi connectivity index (χ0v) is 18.4. The van der Waals surface area contributed by atoms with Gasteiger partial charge in [-0.05, 0) is 30.7 Å². The van der Waals surface area contributed by atoms with Gasteiger partial charge in [-0.3, -0.25) is 14.5 Å². The first kappa shape index (κ1) is 21.8. The summed E-state index contributed by atoms with van der Waals surface area (Å²) in [4.78, 5) is 41.6. The normalized spacial score (nSPS) is 15.8. The van der Waals surface area contributed by atoms with Crippen LogP contribution in [0.2, 0.25) is 0 Å². The second-order valence-corrected chi connectivity index (χ2v) is 8.41. The molecule has 1 aliphatic carbocycles. The Bertz CT molecular complexity index is 1280. The summed E-state index contributed by atoms with van der Waals surface area (Å²) in [7, 11) is 0. The van der Waals surface area contributed by atoms with Crippen molar-refractivity contribution >= 4 is 23.2 Å². The number of nitrogens with zero attached hydrogens (tertiary/aromatic N) is 5. The molecule has 1 fully saturated rings. The predicted molar refractivity (Wildman–Crippen MR) is 121 cm³/mol. The smallest absolute Gasteiger partial charge is 0.335 e.